The molecule has 1 saturated heterocycles. The van der Waals surface area contributed by atoms with Crippen molar-refractivity contribution in [1.29, 1.82) is 0 Å². The topological polar surface area (TPSA) is 63.4 Å². The van der Waals surface area contributed by atoms with Crippen LogP contribution in [0, 0.1) is 11.8 Å². The van der Waals surface area contributed by atoms with Gasteiger partial charge in [-0.1, -0.05) is 6.92 Å². The maximum atomic E-state index is 11.6. The van der Waals surface area contributed by atoms with Crippen molar-refractivity contribution in [1.82, 2.24) is 4.31 Å². The van der Waals surface area contributed by atoms with Gasteiger partial charge in [0.15, 0.2) is 0 Å². The van der Waals surface area contributed by atoms with Crippen molar-refractivity contribution in [2.75, 3.05) is 25.4 Å². The maximum absolute atomic E-state index is 11.6. The van der Waals surface area contributed by atoms with E-state index in [0.29, 0.717) is 31.5 Å². The Morgan fingerprint density at radius 1 is 1.40 bits per heavy atom. The molecular weight excluding hydrogens is 236 g/mol. The predicted molar refractivity (Wildman–Crippen MR) is 64.6 cm³/mol. The fourth-order valence-corrected chi connectivity index (χ4v) is 3.23. The number of halogens is 1. The number of nitrogens with zero attached hydrogens (tertiary/aromatic N) is 1. The standard InChI is InChI=1S/C9H20N2O2S.ClH/c1-3-14(12,13)11-6-8(2)9(7-11)4-5-10;/h8-9H,3-7,10H2,1-2H3;1H/t8-,9-;/m1./s1. The second kappa shape index (κ2) is 6.03. The second-order valence-corrected chi connectivity index (χ2v) is 6.29. The lowest BCUT2D eigenvalue weighted by Gasteiger charge is -2.14. The molecule has 0 aliphatic carbocycles. The van der Waals surface area contributed by atoms with Gasteiger partial charge in [-0.15, -0.1) is 12.4 Å². The lowest BCUT2D eigenvalue weighted by molar-refractivity contribution is 0.424. The van der Waals surface area contributed by atoms with Crippen LogP contribution < -0.4 is 5.73 Å². The van der Waals surface area contributed by atoms with Gasteiger partial charge >= 0.3 is 0 Å². The van der Waals surface area contributed by atoms with E-state index in [4.69, 9.17) is 5.73 Å². The summed E-state index contributed by atoms with van der Waals surface area (Å²) in [5, 5.41) is 0. The van der Waals surface area contributed by atoms with E-state index in [9.17, 15) is 8.42 Å². The van der Waals surface area contributed by atoms with Gasteiger partial charge in [0.25, 0.3) is 0 Å². The van der Waals surface area contributed by atoms with E-state index in [1.54, 1.807) is 11.2 Å². The summed E-state index contributed by atoms with van der Waals surface area (Å²) in [6, 6.07) is 0. The number of nitrogens with two attached hydrogens (primary N) is 1. The van der Waals surface area contributed by atoms with Crippen LogP contribution in [-0.4, -0.2) is 38.1 Å². The highest BCUT2D eigenvalue weighted by Crippen LogP contribution is 2.27. The highest BCUT2D eigenvalue weighted by Gasteiger charge is 2.34. The average molecular weight is 257 g/mol. The molecule has 15 heavy (non-hydrogen) atoms. The third-order valence-electron chi connectivity index (χ3n) is 3.03. The molecule has 1 fully saturated rings. The Morgan fingerprint density at radius 3 is 2.47 bits per heavy atom. The van der Waals surface area contributed by atoms with E-state index in [2.05, 4.69) is 6.92 Å². The van der Waals surface area contributed by atoms with Crippen molar-refractivity contribution in [3.8, 4) is 0 Å². The van der Waals surface area contributed by atoms with Crippen molar-refractivity contribution in [3.05, 3.63) is 0 Å². The van der Waals surface area contributed by atoms with E-state index < -0.39 is 10.0 Å². The predicted octanol–water partition coefficient (Wildman–Crippen LogP) is 0.675. The van der Waals surface area contributed by atoms with Gasteiger partial charge in [-0.25, -0.2) is 12.7 Å². The fourth-order valence-electron chi connectivity index (χ4n) is 1.99. The van der Waals surface area contributed by atoms with Crippen LogP contribution in [0.25, 0.3) is 0 Å². The molecule has 0 radical (unpaired) electrons. The Hall–Kier alpha value is 0.160. The number of sulfonamides is 1. The third-order valence-corrected chi connectivity index (χ3v) is 4.84. The van der Waals surface area contributed by atoms with Gasteiger partial charge in [-0.3, -0.25) is 0 Å². The molecule has 0 amide bonds. The van der Waals surface area contributed by atoms with Gasteiger partial charge in [0, 0.05) is 13.1 Å². The monoisotopic (exact) mass is 256 g/mol. The second-order valence-electron chi connectivity index (χ2n) is 4.03. The molecule has 4 nitrogen and oxygen atoms in total. The van der Waals surface area contributed by atoms with Crippen molar-refractivity contribution < 1.29 is 8.42 Å². The summed E-state index contributed by atoms with van der Waals surface area (Å²) in [6.07, 6.45) is 0.927. The summed E-state index contributed by atoms with van der Waals surface area (Å²) >= 11 is 0. The highest BCUT2D eigenvalue weighted by molar-refractivity contribution is 7.89. The molecular formula is C9H21ClN2O2S. The molecule has 92 valence electrons. The van der Waals surface area contributed by atoms with Gasteiger partial charge in [0.1, 0.15) is 0 Å². The van der Waals surface area contributed by atoms with Crippen molar-refractivity contribution in [3.63, 3.8) is 0 Å². The van der Waals surface area contributed by atoms with Crippen molar-refractivity contribution in [2.45, 2.75) is 20.3 Å². The molecule has 1 aliphatic heterocycles. The van der Waals surface area contributed by atoms with Crippen LogP contribution in [-0.2, 0) is 10.0 Å². The maximum Gasteiger partial charge on any atom is 0.213 e. The largest absolute Gasteiger partial charge is 0.330 e. The van der Waals surface area contributed by atoms with Gasteiger partial charge in [-0.2, -0.15) is 0 Å². The van der Waals surface area contributed by atoms with E-state index in [0.717, 1.165) is 6.42 Å². The first kappa shape index (κ1) is 15.2. The van der Waals surface area contributed by atoms with Gasteiger partial charge < -0.3 is 5.73 Å². The number of hydrogen-bond donors (Lipinski definition) is 1. The molecule has 1 aliphatic rings. The molecule has 0 aromatic carbocycles. The summed E-state index contributed by atoms with van der Waals surface area (Å²) in [7, 11) is -2.99. The Kier molecular flexibility index (Phi) is 6.10. The minimum absolute atomic E-state index is 0. The Labute approximate surface area is 98.7 Å². The summed E-state index contributed by atoms with van der Waals surface area (Å²) in [4.78, 5) is 0. The quantitative estimate of drug-likeness (QED) is 0.804. The first-order valence-corrected chi connectivity index (χ1v) is 6.80. The Bertz CT molecular complexity index is 282. The zero-order valence-electron chi connectivity index (χ0n) is 9.35. The third kappa shape index (κ3) is 3.59. The van der Waals surface area contributed by atoms with E-state index in [1.165, 1.54) is 0 Å². The number of rotatable bonds is 4. The number of hydrogen-bond acceptors (Lipinski definition) is 3. The molecule has 0 saturated carbocycles. The summed E-state index contributed by atoms with van der Waals surface area (Å²) in [5.41, 5.74) is 5.49. The summed E-state index contributed by atoms with van der Waals surface area (Å²) in [6.45, 7) is 5.77. The molecule has 0 aromatic heterocycles. The van der Waals surface area contributed by atoms with Crippen LogP contribution >= 0.6 is 12.4 Å². The van der Waals surface area contributed by atoms with Gasteiger partial charge in [0.05, 0.1) is 5.75 Å². The van der Waals surface area contributed by atoms with Gasteiger partial charge in [0.2, 0.25) is 10.0 Å². The van der Waals surface area contributed by atoms with Crippen LogP contribution in [0.1, 0.15) is 20.3 Å². The fraction of sp³-hybridized carbons (Fsp3) is 1.00. The Morgan fingerprint density at radius 2 is 2.00 bits per heavy atom. The Balaban J connectivity index is 0.00000196. The smallest absolute Gasteiger partial charge is 0.213 e. The first-order valence-electron chi connectivity index (χ1n) is 5.19. The van der Waals surface area contributed by atoms with Gasteiger partial charge in [-0.05, 0) is 31.7 Å². The van der Waals surface area contributed by atoms with Crippen molar-refractivity contribution >= 4 is 22.4 Å². The summed E-state index contributed by atoms with van der Waals surface area (Å²) < 4.78 is 24.8. The van der Waals surface area contributed by atoms with Crippen LogP contribution in [0.5, 0.6) is 0 Å². The molecule has 1 heterocycles. The molecule has 6 heteroatoms. The summed E-state index contributed by atoms with van der Waals surface area (Å²) in [5.74, 6) is 1.09. The van der Waals surface area contributed by atoms with Crippen LogP contribution in [0.15, 0.2) is 0 Å². The molecule has 2 atom stereocenters. The van der Waals surface area contributed by atoms with E-state index in [1.807, 2.05) is 0 Å². The highest BCUT2D eigenvalue weighted by atomic mass is 35.5. The minimum atomic E-state index is -2.99. The normalized spacial score (nSPS) is 27.7. The lowest BCUT2D eigenvalue weighted by atomic mass is 9.95. The van der Waals surface area contributed by atoms with Crippen molar-refractivity contribution in [2.24, 2.45) is 17.6 Å². The molecule has 0 aromatic rings. The van der Waals surface area contributed by atoms with E-state index in [-0.39, 0.29) is 18.2 Å². The molecule has 1 rings (SSSR count). The van der Waals surface area contributed by atoms with Crippen LogP contribution in [0.4, 0.5) is 0 Å². The molecule has 0 unspecified atom stereocenters. The average Bonchev–Trinajstić information content (AvgIpc) is 2.49. The zero-order valence-corrected chi connectivity index (χ0v) is 11.0. The zero-order chi connectivity index (χ0) is 10.8. The first-order chi connectivity index (χ1) is 6.51. The van der Waals surface area contributed by atoms with E-state index >= 15 is 0 Å². The SMILES string of the molecule is CCS(=O)(=O)N1C[C@@H](CCN)[C@H](C)C1.Cl. The van der Waals surface area contributed by atoms with Crippen LogP contribution in [0.3, 0.4) is 0 Å². The van der Waals surface area contributed by atoms with Crippen LogP contribution in [0.2, 0.25) is 0 Å². The lowest BCUT2D eigenvalue weighted by Crippen LogP contribution is -2.30. The minimum Gasteiger partial charge on any atom is -0.330 e. The molecule has 2 N–H and O–H groups in total. The molecule has 0 spiro atoms. The molecule has 0 bridgehead atoms.